The van der Waals surface area contributed by atoms with Crippen molar-refractivity contribution < 1.29 is 4.79 Å². The largest absolute Gasteiger partial charge is 0.299 e. The van der Waals surface area contributed by atoms with Crippen molar-refractivity contribution in [1.29, 1.82) is 0 Å². The Balaban J connectivity index is 3.61. The molecule has 1 nitrogen and oxygen atoms in total. The molecule has 0 atom stereocenters. The van der Waals surface area contributed by atoms with E-state index in [1.54, 1.807) is 6.08 Å². The third kappa shape index (κ3) is 4.31. The van der Waals surface area contributed by atoms with Gasteiger partial charge in [0.05, 0.1) is 0 Å². The van der Waals surface area contributed by atoms with Crippen molar-refractivity contribution in [1.82, 2.24) is 0 Å². The minimum Gasteiger partial charge on any atom is -0.299 e. The topological polar surface area (TPSA) is 17.1 Å². The van der Waals surface area contributed by atoms with Crippen LogP contribution < -0.4 is 0 Å². The highest BCUT2D eigenvalue weighted by atomic mass is 32.1. The lowest BCUT2D eigenvalue weighted by Crippen LogP contribution is -1.87. The van der Waals surface area contributed by atoms with Crippen molar-refractivity contribution in [2.75, 3.05) is 0 Å². The Kier molecular flexibility index (Phi) is 6.15. The van der Waals surface area contributed by atoms with Crippen LogP contribution in [0.15, 0.2) is 17.2 Å². The van der Waals surface area contributed by atoms with Gasteiger partial charge in [-0.15, -0.1) is 11.3 Å². The molecule has 1 rings (SSSR count). The van der Waals surface area contributed by atoms with Crippen molar-refractivity contribution in [2.45, 2.75) is 47.5 Å². The third-order valence-corrected chi connectivity index (χ3v) is 4.23. The van der Waals surface area contributed by atoms with Crippen LogP contribution in [-0.4, -0.2) is 6.29 Å². The summed E-state index contributed by atoms with van der Waals surface area (Å²) in [4.78, 5) is 13.3. The minimum atomic E-state index is 0.454. The smallest absolute Gasteiger partial charge is 0.142 e. The van der Waals surface area contributed by atoms with Gasteiger partial charge in [0.25, 0.3) is 0 Å². The summed E-state index contributed by atoms with van der Waals surface area (Å²) >= 11 is 1.83. The molecule has 1 aromatic rings. The van der Waals surface area contributed by atoms with E-state index in [2.05, 4.69) is 53.7 Å². The minimum absolute atomic E-state index is 0.454. The van der Waals surface area contributed by atoms with Crippen LogP contribution in [0.25, 0.3) is 18.2 Å². The molecular formula is C18H24OS. The summed E-state index contributed by atoms with van der Waals surface area (Å²) in [6, 6.07) is 0. The Labute approximate surface area is 126 Å². The fourth-order valence-electron chi connectivity index (χ4n) is 2.04. The number of thiophene rings is 1. The molecule has 0 aromatic carbocycles. The lowest BCUT2D eigenvalue weighted by atomic mass is 10.00. The lowest BCUT2D eigenvalue weighted by molar-refractivity contribution is -0.104. The normalized spacial score (nSPS) is 10.9. The van der Waals surface area contributed by atoms with Gasteiger partial charge >= 0.3 is 0 Å². The Hall–Kier alpha value is -1.41. The maximum absolute atomic E-state index is 10.7. The summed E-state index contributed by atoms with van der Waals surface area (Å²) in [7, 11) is 0. The molecule has 0 aliphatic heterocycles. The maximum Gasteiger partial charge on any atom is 0.142 e. The molecule has 1 heterocycles. The van der Waals surface area contributed by atoms with Crippen molar-refractivity contribution >= 4 is 35.9 Å². The van der Waals surface area contributed by atoms with Crippen molar-refractivity contribution in [2.24, 2.45) is 0 Å². The molecule has 0 radical (unpaired) electrons. The summed E-state index contributed by atoms with van der Waals surface area (Å²) in [6.07, 6.45) is 8.80. The van der Waals surface area contributed by atoms with E-state index in [4.69, 9.17) is 0 Å². The predicted octanol–water partition coefficient (Wildman–Crippen LogP) is 5.93. The number of carbonyl (C=O) groups is 1. The van der Waals surface area contributed by atoms with Crippen LogP contribution in [0.1, 0.15) is 68.3 Å². The second-order valence-electron chi connectivity index (χ2n) is 5.75. The fourth-order valence-corrected chi connectivity index (χ4v) is 3.37. The molecule has 0 aliphatic rings. The first-order valence-corrected chi connectivity index (χ1v) is 7.76. The van der Waals surface area contributed by atoms with E-state index in [1.807, 2.05) is 17.4 Å². The molecule has 0 bridgehead atoms. The Morgan fingerprint density at radius 1 is 1.00 bits per heavy atom. The molecule has 0 aliphatic carbocycles. The van der Waals surface area contributed by atoms with E-state index in [-0.39, 0.29) is 0 Å². The van der Waals surface area contributed by atoms with Gasteiger partial charge in [-0.1, -0.05) is 31.1 Å². The summed E-state index contributed by atoms with van der Waals surface area (Å²) < 4.78 is 0. The predicted molar refractivity (Wildman–Crippen MR) is 92.2 cm³/mol. The second-order valence-corrected chi connectivity index (χ2v) is 6.83. The van der Waals surface area contributed by atoms with Crippen molar-refractivity contribution in [3.8, 4) is 0 Å². The number of hydrogen-bond donors (Lipinski definition) is 0. The van der Waals surface area contributed by atoms with Crippen molar-refractivity contribution in [3.63, 3.8) is 0 Å². The molecule has 0 unspecified atom stereocenters. The maximum atomic E-state index is 10.7. The summed E-state index contributed by atoms with van der Waals surface area (Å²) in [5, 5.41) is 0. The van der Waals surface area contributed by atoms with Gasteiger partial charge in [0.15, 0.2) is 0 Å². The van der Waals surface area contributed by atoms with E-state index in [0.29, 0.717) is 5.92 Å². The number of carbonyl (C=O) groups excluding carboxylic acids is 1. The third-order valence-electron chi connectivity index (χ3n) is 2.76. The molecule has 0 spiro atoms. The molecule has 2 heteroatoms. The quantitative estimate of drug-likeness (QED) is 0.485. The average molecular weight is 288 g/mol. The molecule has 0 fully saturated rings. The SMILES string of the molecule is CC(C)=Cc1sc(C(C)C)c(/C=C/C=O)c1C=C(C)C. The molecule has 0 N–H and O–H groups in total. The van der Waals surface area contributed by atoms with Crippen LogP contribution in [0.5, 0.6) is 0 Å². The number of hydrogen-bond acceptors (Lipinski definition) is 2. The van der Waals surface area contributed by atoms with Gasteiger partial charge in [-0.3, -0.25) is 4.79 Å². The summed E-state index contributed by atoms with van der Waals surface area (Å²) in [5.41, 5.74) is 4.97. The molecule has 20 heavy (non-hydrogen) atoms. The van der Waals surface area contributed by atoms with Gasteiger partial charge in [0.2, 0.25) is 0 Å². The van der Waals surface area contributed by atoms with Gasteiger partial charge in [0.1, 0.15) is 6.29 Å². The van der Waals surface area contributed by atoms with Crippen LogP contribution >= 0.6 is 11.3 Å². The number of allylic oxidation sites excluding steroid dienone is 3. The molecule has 0 saturated carbocycles. The Morgan fingerprint density at radius 3 is 2.05 bits per heavy atom. The summed E-state index contributed by atoms with van der Waals surface area (Å²) in [6.45, 7) is 12.8. The van der Waals surface area contributed by atoms with Gasteiger partial charge in [0, 0.05) is 9.75 Å². The number of rotatable bonds is 5. The zero-order valence-corrected chi connectivity index (χ0v) is 14.1. The van der Waals surface area contributed by atoms with Gasteiger partial charge < -0.3 is 0 Å². The van der Waals surface area contributed by atoms with E-state index >= 15 is 0 Å². The number of aldehydes is 1. The van der Waals surface area contributed by atoms with Crippen molar-refractivity contribution in [3.05, 3.63) is 38.1 Å². The first-order chi connectivity index (χ1) is 9.36. The Morgan fingerprint density at radius 2 is 1.60 bits per heavy atom. The van der Waals surface area contributed by atoms with E-state index < -0.39 is 0 Å². The second kappa shape index (κ2) is 7.39. The monoisotopic (exact) mass is 288 g/mol. The Bertz CT molecular complexity index is 560. The fraction of sp³-hybridized carbons (Fsp3) is 0.389. The molecule has 108 valence electrons. The van der Waals surface area contributed by atoms with Crippen LogP contribution in [0, 0.1) is 0 Å². The highest BCUT2D eigenvalue weighted by Crippen LogP contribution is 2.37. The van der Waals surface area contributed by atoms with E-state index in [9.17, 15) is 4.79 Å². The van der Waals surface area contributed by atoms with Gasteiger partial charge in [-0.2, -0.15) is 0 Å². The average Bonchev–Trinajstić information content (AvgIpc) is 2.64. The standard InChI is InChI=1S/C18H24OS/c1-12(2)10-16-15(8-7-9-19)18(14(5)6)20-17(16)11-13(3)4/h7-11,14H,1-6H3/b8-7+. The van der Waals surface area contributed by atoms with Crippen LogP contribution in [0.2, 0.25) is 0 Å². The van der Waals surface area contributed by atoms with Gasteiger partial charge in [-0.05, 0) is 63.0 Å². The molecule has 0 saturated heterocycles. The first-order valence-electron chi connectivity index (χ1n) is 6.95. The molecule has 1 aromatic heterocycles. The molecular weight excluding hydrogens is 264 g/mol. The highest BCUT2D eigenvalue weighted by Gasteiger charge is 2.15. The highest BCUT2D eigenvalue weighted by molar-refractivity contribution is 7.13. The first kappa shape index (κ1) is 16.6. The van der Waals surface area contributed by atoms with Crippen LogP contribution in [0.3, 0.4) is 0 Å². The van der Waals surface area contributed by atoms with Gasteiger partial charge in [-0.25, -0.2) is 0 Å². The van der Waals surface area contributed by atoms with E-state index in [1.165, 1.54) is 32.0 Å². The summed E-state index contributed by atoms with van der Waals surface area (Å²) in [5.74, 6) is 0.454. The zero-order valence-electron chi connectivity index (χ0n) is 13.3. The van der Waals surface area contributed by atoms with E-state index in [0.717, 1.165) is 6.29 Å². The zero-order chi connectivity index (χ0) is 15.3. The molecule has 0 amide bonds. The lowest BCUT2D eigenvalue weighted by Gasteiger charge is -2.04. The van der Waals surface area contributed by atoms with Crippen LogP contribution in [0.4, 0.5) is 0 Å². The van der Waals surface area contributed by atoms with Crippen LogP contribution in [-0.2, 0) is 4.79 Å².